The molecule has 0 aliphatic rings. The molecule has 3 N–H and O–H groups in total. The van der Waals surface area contributed by atoms with Crippen LogP contribution in [-0.2, 0) is 14.2 Å². The molecule has 0 aliphatic carbocycles. The highest BCUT2D eigenvalue weighted by Crippen LogP contribution is 2.32. The van der Waals surface area contributed by atoms with Gasteiger partial charge in [0, 0.05) is 6.66 Å². The Labute approximate surface area is 74.8 Å². The molecule has 8 heteroatoms. The van der Waals surface area contributed by atoms with Crippen LogP contribution < -0.4 is 5.32 Å². The number of hydrogen-bond donors (Lipinski definition) is 3. The first kappa shape index (κ1) is 12.2. The van der Waals surface area contributed by atoms with E-state index in [4.69, 9.17) is 10.1 Å². The fourth-order valence-electron chi connectivity index (χ4n) is 0.510. The molecule has 76 valence electrons. The van der Waals surface area contributed by atoms with Crippen molar-refractivity contribution in [2.45, 2.75) is 0 Å². The Kier molecular flexibility index (Phi) is 4.79. The molecule has 0 fully saturated rings. The molecule has 2 amide bonds. The van der Waals surface area contributed by atoms with E-state index in [0.29, 0.717) is 0 Å². The van der Waals surface area contributed by atoms with E-state index in [2.05, 4.69) is 5.32 Å². The van der Waals surface area contributed by atoms with E-state index < -0.39 is 13.3 Å². The van der Waals surface area contributed by atoms with E-state index >= 15 is 0 Å². The third-order valence-electron chi connectivity index (χ3n) is 1.04. The highest BCUT2D eigenvalue weighted by atomic mass is 31.2. The van der Waals surface area contributed by atoms with Crippen molar-refractivity contribution in [3.8, 4) is 0 Å². The summed E-state index contributed by atoms with van der Waals surface area (Å²) in [5.41, 5.74) is 0. The standard InChI is InChI=1S/C5H11N2O5P/c1-13(11,12)3-6-2-5(9)7(10)4-8/h4,6,10H,2-3H2,1H3,(H,11,12). The average Bonchev–Trinajstić information content (AvgIpc) is 2.00. The summed E-state index contributed by atoms with van der Waals surface area (Å²) in [7, 11) is -3.21. The molecule has 0 bridgehead atoms. The smallest absolute Gasteiger partial charge is 0.267 e. The number of imide groups is 1. The molecule has 1 atom stereocenters. The summed E-state index contributed by atoms with van der Waals surface area (Å²) < 4.78 is 10.7. The van der Waals surface area contributed by atoms with Crippen LogP contribution in [-0.4, -0.2) is 47.0 Å². The molecule has 0 saturated carbocycles. The van der Waals surface area contributed by atoms with Crippen LogP contribution in [0.3, 0.4) is 0 Å². The number of hydroxylamine groups is 2. The van der Waals surface area contributed by atoms with Crippen molar-refractivity contribution in [2.24, 2.45) is 0 Å². The highest BCUT2D eigenvalue weighted by molar-refractivity contribution is 7.57. The summed E-state index contributed by atoms with van der Waals surface area (Å²) in [6, 6.07) is 0. The van der Waals surface area contributed by atoms with E-state index in [0.717, 1.165) is 6.66 Å². The fraction of sp³-hybridized carbons (Fsp3) is 0.600. The Balaban J connectivity index is 3.72. The molecule has 0 heterocycles. The molecule has 13 heavy (non-hydrogen) atoms. The first-order valence-corrected chi connectivity index (χ1v) is 5.62. The largest absolute Gasteiger partial charge is 0.344 e. The number of carbonyl (C=O) groups is 2. The normalized spacial score (nSPS) is 14.7. The number of nitrogens with one attached hydrogen (secondary N) is 1. The summed E-state index contributed by atoms with van der Waals surface area (Å²) in [4.78, 5) is 29.3. The predicted molar refractivity (Wildman–Crippen MR) is 43.3 cm³/mol. The van der Waals surface area contributed by atoms with E-state index in [-0.39, 0.29) is 24.3 Å². The van der Waals surface area contributed by atoms with Crippen LogP contribution in [0.5, 0.6) is 0 Å². The second-order valence-corrected chi connectivity index (χ2v) is 4.90. The van der Waals surface area contributed by atoms with Crippen LogP contribution in [0, 0.1) is 0 Å². The zero-order chi connectivity index (χ0) is 10.5. The quantitative estimate of drug-likeness (QED) is 0.228. The van der Waals surface area contributed by atoms with Crippen LogP contribution in [0.1, 0.15) is 0 Å². The Hall–Kier alpha value is -0.750. The van der Waals surface area contributed by atoms with Gasteiger partial charge in [0.15, 0.2) is 0 Å². The van der Waals surface area contributed by atoms with Gasteiger partial charge in [0.05, 0.1) is 12.8 Å². The van der Waals surface area contributed by atoms with Gasteiger partial charge in [-0.3, -0.25) is 24.7 Å². The van der Waals surface area contributed by atoms with Crippen molar-refractivity contribution in [2.75, 3.05) is 19.5 Å². The monoisotopic (exact) mass is 210 g/mol. The van der Waals surface area contributed by atoms with Gasteiger partial charge in [-0.15, -0.1) is 0 Å². The maximum atomic E-state index is 10.7. The maximum absolute atomic E-state index is 10.7. The number of carbonyl (C=O) groups excluding carboxylic acids is 2. The van der Waals surface area contributed by atoms with Gasteiger partial charge in [-0.2, -0.15) is 5.06 Å². The zero-order valence-corrected chi connectivity index (χ0v) is 7.90. The highest BCUT2D eigenvalue weighted by Gasteiger charge is 2.12. The minimum atomic E-state index is -3.21. The summed E-state index contributed by atoms with van der Waals surface area (Å²) in [6.45, 7) is 0.758. The summed E-state index contributed by atoms with van der Waals surface area (Å²) in [5, 5.41) is 10.7. The summed E-state index contributed by atoms with van der Waals surface area (Å²) >= 11 is 0. The molecule has 1 unspecified atom stereocenters. The van der Waals surface area contributed by atoms with Crippen molar-refractivity contribution in [1.29, 1.82) is 0 Å². The summed E-state index contributed by atoms with van der Waals surface area (Å²) in [6.07, 6.45) is -0.306. The first-order chi connectivity index (χ1) is 5.87. The molecule has 0 aliphatic heterocycles. The minimum Gasteiger partial charge on any atom is -0.344 e. The lowest BCUT2D eigenvalue weighted by atomic mass is 10.6. The molecule has 0 rings (SSSR count). The van der Waals surface area contributed by atoms with Gasteiger partial charge in [-0.25, -0.2) is 0 Å². The molecule has 0 aromatic heterocycles. The van der Waals surface area contributed by atoms with Crippen LogP contribution >= 0.6 is 7.37 Å². The van der Waals surface area contributed by atoms with Crippen LogP contribution in [0.15, 0.2) is 0 Å². The predicted octanol–water partition coefficient (Wildman–Crippen LogP) is -1.19. The number of nitrogens with zero attached hydrogens (tertiary/aromatic N) is 1. The molecule has 0 spiro atoms. The Bertz CT molecular complexity index is 237. The van der Waals surface area contributed by atoms with E-state index in [9.17, 15) is 14.2 Å². The summed E-state index contributed by atoms with van der Waals surface area (Å²) in [5.74, 6) is -0.886. The molecule has 0 aromatic carbocycles. The fourth-order valence-corrected chi connectivity index (χ4v) is 1.04. The average molecular weight is 210 g/mol. The lowest BCUT2D eigenvalue weighted by Gasteiger charge is -2.08. The van der Waals surface area contributed by atoms with Crippen molar-refractivity contribution in [3.63, 3.8) is 0 Å². The van der Waals surface area contributed by atoms with Gasteiger partial charge in [0.25, 0.3) is 5.91 Å². The SMILES string of the molecule is CP(=O)(O)CNCC(=O)N(O)C=O. The lowest BCUT2D eigenvalue weighted by molar-refractivity contribution is -0.169. The van der Waals surface area contributed by atoms with Gasteiger partial charge >= 0.3 is 0 Å². The lowest BCUT2D eigenvalue weighted by Crippen LogP contribution is -2.35. The third-order valence-corrected chi connectivity index (χ3v) is 1.85. The number of amides is 2. The van der Waals surface area contributed by atoms with Crippen LogP contribution in [0.2, 0.25) is 0 Å². The van der Waals surface area contributed by atoms with Gasteiger partial charge in [0.1, 0.15) is 0 Å². The Morgan fingerprint density at radius 2 is 2.23 bits per heavy atom. The molecule has 0 saturated heterocycles. The maximum Gasteiger partial charge on any atom is 0.267 e. The van der Waals surface area contributed by atoms with E-state index in [1.807, 2.05) is 0 Å². The molecular formula is C5H11N2O5P. The van der Waals surface area contributed by atoms with Crippen molar-refractivity contribution in [1.82, 2.24) is 10.4 Å². The van der Waals surface area contributed by atoms with Crippen LogP contribution in [0.25, 0.3) is 0 Å². The van der Waals surface area contributed by atoms with E-state index in [1.54, 1.807) is 0 Å². The molecule has 0 radical (unpaired) electrons. The minimum absolute atomic E-state index is 0.0610. The third kappa shape index (κ3) is 6.41. The van der Waals surface area contributed by atoms with E-state index in [1.165, 1.54) is 0 Å². The second-order valence-electron chi connectivity index (χ2n) is 2.48. The van der Waals surface area contributed by atoms with Gasteiger partial charge < -0.3 is 4.89 Å². The number of rotatable bonds is 5. The molecular weight excluding hydrogens is 199 g/mol. The molecule has 7 nitrogen and oxygen atoms in total. The van der Waals surface area contributed by atoms with Crippen molar-refractivity contribution in [3.05, 3.63) is 0 Å². The van der Waals surface area contributed by atoms with Gasteiger partial charge in [-0.05, 0) is 0 Å². The van der Waals surface area contributed by atoms with Crippen molar-refractivity contribution >= 4 is 19.7 Å². The second kappa shape index (κ2) is 5.08. The number of hydrogen-bond acceptors (Lipinski definition) is 5. The van der Waals surface area contributed by atoms with Gasteiger partial charge in [0.2, 0.25) is 13.8 Å². The Morgan fingerprint density at radius 1 is 1.69 bits per heavy atom. The van der Waals surface area contributed by atoms with Crippen LogP contribution in [0.4, 0.5) is 0 Å². The zero-order valence-electron chi connectivity index (χ0n) is 7.01. The van der Waals surface area contributed by atoms with Gasteiger partial charge in [-0.1, -0.05) is 0 Å². The topological polar surface area (TPSA) is 107 Å². The van der Waals surface area contributed by atoms with Crippen molar-refractivity contribution < 1.29 is 24.3 Å². The molecule has 0 aromatic rings. The first-order valence-electron chi connectivity index (χ1n) is 3.33. The Morgan fingerprint density at radius 3 is 2.62 bits per heavy atom.